The van der Waals surface area contributed by atoms with Crippen molar-refractivity contribution >= 4 is 71.3 Å². The molecule has 0 saturated carbocycles. The minimum atomic E-state index is -1.20. The molecule has 12 N–H and O–H groups in total. The van der Waals surface area contributed by atoms with Crippen molar-refractivity contribution in [2.45, 2.75) is 0 Å². The molecule has 0 aromatic heterocycles. The monoisotopic (exact) mass is 1100 g/mol. The van der Waals surface area contributed by atoms with Crippen molar-refractivity contribution in [2.24, 2.45) is 0 Å². The second kappa shape index (κ2) is 53.5. The zero-order chi connectivity index (χ0) is 56.7. The number of rotatable bonds is 48. The normalized spacial score (nSPS) is 10.2. The van der Waals surface area contributed by atoms with Gasteiger partial charge in [-0.1, -0.05) is 0 Å². The summed E-state index contributed by atoms with van der Waals surface area (Å²) in [5.74, 6) is -9.69. The third-order valence-corrected chi connectivity index (χ3v) is 6.70. The van der Waals surface area contributed by atoms with Crippen LogP contribution in [-0.4, -0.2) is 280 Å². The van der Waals surface area contributed by atoms with Crippen LogP contribution in [0.3, 0.4) is 0 Å². The van der Waals surface area contributed by atoms with Gasteiger partial charge < -0.3 is 119 Å². The van der Waals surface area contributed by atoms with Crippen LogP contribution < -0.4 is 31.9 Å². The van der Waals surface area contributed by atoms with Gasteiger partial charge in [0.2, 0.25) is 35.4 Å². The van der Waals surface area contributed by atoms with Gasteiger partial charge in [-0.2, -0.15) is 0 Å². The Morgan fingerprint density at radius 1 is 0.200 bits per heavy atom. The number of nitrogens with one attached hydrogen (secondary N) is 6. The molecular formula is C39H66N6O30. The summed E-state index contributed by atoms with van der Waals surface area (Å²) >= 11 is 0. The lowest BCUT2D eigenvalue weighted by Crippen LogP contribution is -2.40. The van der Waals surface area contributed by atoms with Crippen LogP contribution in [0.1, 0.15) is 0 Å². The van der Waals surface area contributed by atoms with E-state index in [4.69, 9.17) is 78.0 Å². The molecule has 6 amide bonds. The molecule has 0 aliphatic rings. The molecule has 0 aromatic rings. The number of carbonyl (C=O) groups is 12. The van der Waals surface area contributed by atoms with Gasteiger partial charge in [-0.25, -0.2) is 28.8 Å². The smallest absolute Gasteiger partial charge is 0.329 e. The third-order valence-electron chi connectivity index (χ3n) is 6.70. The summed E-state index contributed by atoms with van der Waals surface area (Å²) in [6, 6.07) is 0. The number of amides is 6. The van der Waals surface area contributed by atoms with Gasteiger partial charge in [0, 0.05) is 0 Å². The number of aliphatic carboxylic acids is 6. The van der Waals surface area contributed by atoms with Gasteiger partial charge in [-0.15, -0.1) is 0 Å². The second-order valence-electron chi connectivity index (χ2n) is 13.1. The zero-order valence-corrected chi connectivity index (χ0v) is 40.6. The van der Waals surface area contributed by atoms with Crippen molar-refractivity contribution in [2.75, 3.05) is 179 Å². The van der Waals surface area contributed by atoms with Crippen molar-refractivity contribution in [1.29, 1.82) is 0 Å². The molecule has 432 valence electrons. The van der Waals surface area contributed by atoms with Gasteiger partial charge >= 0.3 is 35.8 Å². The first-order valence-corrected chi connectivity index (χ1v) is 21.6. The molecule has 36 nitrogen and oxygen atoms in total. The predicted molar refractivity (Wildman–Crippen MR) is 239 cm³/mol. The van der Waals surface area contributed by atoms with Crippen molar-refractivity contribution in [3.05, 3.63) is 0 Å². The largest absolute Gasteiger partial charge is 0.480 e. The average Bonchev–Trinajstić information content (AvgIpc) is 3.32. The molecule has 0 radical (unpaired) electrons. The van der Waals surface area contributed by atoms with Crippen LogP contribution in [0.25, 0.3) is 0 Å². The van der Waals surface area contributed by atoms with E-state index in [1.807, 2.05) is 0 Å². The highest BCUT2D eigenvalue weighted by Crippen LogP contribution is 1.86. The molecule has 0 aromatic carbocycles. The first kappa shape index (κ1) is 72.4. The Hall–Kier alpha value is -6.84. The fourth-order valence-corrected chi connectivity index (χ4v) is 3.70. The molecule has 0 rings (SSSR count). The topological polar surface area (TPSA) is 509 Å². The molecule has 0 fully saturated rings. The maximum Gasteiger partial charge on any atom is 0.329 e. The summed E-state index contributed by atoms with van der Waals surface area (Å²) in [7, 11) is 0. The molecule has 0 heterocycles. The summed E-state index contributed by atoms with van der Waals surface area (Å²) in [6.07, 6.45) is 0. The molecule has 0 bridgehead atoms. The SMILES string of the molecule is O=C(O)COCC(=O)NCNC(=O)COCC(=O)O.O=C(O)COCCOCC(=O)NCNC(=O)COCCOCC(=O)O.O=C(O)COCCOCCOCC(=O)NCNC(=O)COCCOCCOCC(=O)O. The van der Waals surface area contributed by atoms with Gasteiger partial charge in [0.05, 0.1) is 99.3 Å². The third kappa shape index (κ3) is 67.2. The minimum Gasteiger partial charge on any atom is -0.480 e. The second-order valence-corrected chi connectivity index (χ2v) is 13.1. The van der Waals surface area contributed by atoms with E-state index < -0.39 is 111 Å². The van der Waals surface area contributed by atoms with Crippen molar-refractivity contribution in [3.63, 3.8) is 0 Å². The van der Waals surface area contributed by atoms with Crippen LogP contribution in [0, 0.1) is 0 Å². The maximum atomic E-state index is 11.5. The molecular weight excluding hydrogens is 1030 g/mol. The highest BCUT2D eigenvalue weighted by Gasteiger charge is 2.09. The van der Waals surface area contributed by atoms with E-state index in [1.165, 1.54) is 0 Å². The summed E-state index contributed by atoms with van der Waals surface area (Å²) in [4.78, 5) is 129. The van der Waals surface area contributed by atoms with Gasteiger partial charge in [0.15, 0.2) is 0 Å². The standard InChI is InChI=1S/C17H30N2O12.C13H22N2O10.C9H14N2O8/c20-14(9-28-5-1-26-3-7-30-11-16(22)23)18-13-19-15(21)10-29-6-2-27-4-8-31-12-17(24)25;16-10(5-22-1-3-24-7-12(18)19)14-9-15-11(17)6-23-2-4-25-8-13(20)21;12-6(1-18-3-8(14)15)10-5-11-7(13)2-19-4-9(16)17/h1-13H2,(H,18,20)(H,19,21)(H,22,23)(H,24,25);1-9H2,(H,14,16)(H,15,17)(H,18,19)(H,20,21);1-5H2,(H,10,12)(H,11,13)(H,14,15)(H,16,17). The van der Waals surface area contributed by atoms with Crippen LogP contribution in [0.5, 0.6) is 0 Å². The van der Waals surface area contributed by atoms with Crippen LogP contribution in [0.4, 0.5) is 0 Å². The number of carboxylic acids is 6. The lowest BCUT2D eigenvalue weighted by atomic mass is 10.6. The predicted octanol–water partition coefficient (Wildman–Crippen LogP) is -7.76. The Morgan fingerprint density at radius 2 is 0.333 bits per heavy atom. The van der Waals surface area contributed by atoms with Crippen molar-refractivity contribution < 1.29 is 145 Å². The lowest BCUT2D eigenvalue weighted by Gasteiger charge is -2.09. The summed E-state index contributed by atoms with van der Waals surface area (Å²) in [6.45, 7) is -3.36. The van der Waals surface area contributed by atoms with Crippen LogP contribution in [0.2, 0.25) is 0 Å². The molecule has 0 aliphatic heterocycles. The number of hydrogen-bond acceptors (Lipinski definition) is 24. The van der Waals surface area contributed by atoms with E-state index in [0.29, 0.717) is 0 Å². The quantitative estimate of drug-likeness (QED) is 0.0199. The number of carboxylic acid groups (broad SMARTS) is 6. The lowest BCUT2D eigenvalue weighted by molar-refractivity contribution is -0.144. The summed E-state index contributed by atoms with van der Waals surface area (Å²) in [5.41, 5.74) is 0. The maximum absolute atomic E-state index is 11.5. The van der Waals surface area contributed by atoms with E-state index in [9.17, 15) is 57.5 Å². The van der Waals surface area contributed by atoms with Crippen LogP contribution >= 0.6 is 0 Å². The Morgan fingerprint density at radius 3 is 0.507 bits per heavy atom. The Labute approximate surface area is 426 Å². The van der Waals surface area contributed by atoms with Crippen molar-refractivity contribution in [3.8, 4) is 0 Å². The Bertz CT molecular complexity index is 1540. The molecule has 0 saturated heterocycles. The molecule has 0 atom stereocenters. The van der Waals surface area contributed by atoms with Gasteiger partial charge in [-0.3, -0.25) is 28.8 Å². The van der Waals surface area contributed by atoms with Gasteiger partial charge in [-0.05, 0) is 0 Å². The Balaban J connectivity index is -0.00000107. The zero-order valence-electron chi connectivity index (χ0n) is 40.6. The molecule has 0 aliphatic carbocycles. The average molecular weight is 1100 g/mol. The number of carbonyl (C=O) groups excluding carboxylic acids is 6. The van der Waals surface area contributed by atoms with Crippen LogP contribution in [-0.2, 0) is 114 Å². The molecule has 75 heavy (non-hydrogen) atoms. The van der Waals surface area contributed by atoms with E-state index in [2.05, 4.69) is 41.4 Å². The first-order valence-electron chi connectivity index (χ1n) is 21.6. The highest BCUT2D eigenvalue weighted by atomic mass is 16.6. The van der Waals surface area contributed by atoms with Crippen molar-refractivity contribution in [1.82, 2.24) is 31.9 Å². The van der Waals surface area contributed by atoms with Gasteiger partial charge in [0.25, 0.3) is 0 Å². The summed E-state index contributed by atoms with van der Waals surface area (Å²) < 4.78 is 58.2. The number of hydrogen-bond donors (Lipinski definition) is 12. The highest BCUT2D eigenvalue weighted by molar-refractivity contribution is 5.81. The van der Waals surface area contributed by atoms with E-state index in [1.54, 1.807) is 0 Å². The first-order chi connectivity index (χ1) is 35.7. The summed E-state index contributed by atoms with van der Waals surface area (Å²) in [5, 5.41) is 63.8. The van der Waals surface area contributed by atoms with E-state index in [-0.39, 0.29) is 139 Å². The Kier molecular flexibility index (Phi) is 51.6. The molecule has 0 spiro atoms. The fourth-order valence-electron chi connectivity index (χ4n) is 3.70. The van der Waals surface area contributed by atoms with E-state index in [0.717, 1.165) is 0 Å². The fraction of sp³-hybridized carbons (Fsp3) is 0.692. The number of ether oxygens (including phenoxy) is 12. The molecule has 0 unspecified atom stereocenters. The minimum absolute atomic E-state index is 0.0455. The van der Waals surface area contributed by atoms with E-state index >= 15 is 0 Å². The van der Waals surface area contributed by atoms with Crippen LogP contribution in [0.15, 0.2) is 0 Å². The molecule has 36 heteroatoms. The van der Waals surface area contributed by atoms with Gasteiger partial charge in [0.1, 0.15) is 79.3 Å².